The fraction of sp³-hybridized carbons (Fsp3) is 0.571. The van der Waals surface area contributed by atoms with Crippen molar-refractivity contribution in [3.8, 4) is 5.75 Å². The fourth-order valence-corrected chi connectivity index (χ4v) is 2.08. The molecular formula is C14H19NO2. The van der Waals surface area contributed by atoms with Gasteiger partial charge in [-0.2, -0.15) is 0 Å². The van der Waals surface area contributed by atoms with Gasteiger partial charge in [-0.05, 0) is 26.7 Å². The van der Waals surface area contributed by atoms with Crippen LogP contribution in [0.4, 0.5) is 0 Å². The Balaban J connectivity index is 2.24. The third kappa shape index (κ3) is 2.19. The molecule has 0 atom stereocenters. The first-order valence-corrected chi connectivity index (χ1v) is 6.00. The van der Waals surface area contributed by atoms with E-state index in [1.54, 1.807) is 13.3 Å². The molecule has 0 N–H and O–H groups in total. The van der Waals surface area contributed by atoms with E-state index < -0.39 is 0 Å². The van der Waals surface area contributed by atoms with Gasteiger partial charge in [-0.1, -0.05) is 6.92 Å². The maximum atomic E-state index is 12.1. The first-order chi connectivity index (χ1) is 7.98. The summed E-state index contributed by atoms with van der Waals surface area (Å²) in [4.78, 5) is 16.4. The quantitative estimate of drug-likeness (QED) is 0.802. The molecule has 0 spiro atoms. The highest BCUT2D eigenvalue weighted by atomic mass is 16.5. The van der Waals surface area contributed by atoms with Crippen LogP contribution >= 0.6 is 0 Å². The number of pyridine rings is 1. The molecule has 92 valence electrons. The molecule has 1 aliphatic carbocycles. The number of methoxy groups -OCH3 is 1. The molecule has 1 aliphatic rings. The minimum Gasteiger partial charge on any atom is -0.496 e. The van der Waals surface area contributed by atoms with E-state index in [0.29, 0.717) is 12.2 Å². The van der Waals surface area contributed by atoms with Crippen molar-refractivity contribution >= 4 is 5.78 Å². The highest BCUT2D eigenvalue weighted by molar-refractivity contribution is 5.88. The zero-order chi connectivity index (χ0) is 12.6. The largest absolute Gasteiger partial charge is 0.496 e. The van der Waals surface area contributed by atoms with Gasteiger partial charge < -0.3 is 4.74 Å². The second kappa shape index (κ2) is 4.13. The molecule has 3 nitrogen and oxygen atoms in total. The molecule has 2 rings (SSSR count). The summed E-state index contributed by atoms with van der Waals surface area (Å²) in [5.41, 5.74) is 2.78. The van der Waals surface area contributed by atoms with Crippen LogP contribution in [0.1, 0.15) is 36.6 Å². The van der Waals surface area contributed by atoms with Crippen LogP contribution in [0.5, 0.6) is 5.75 Å². The Labute approximate surface area is 102 Å². The number of ketones is 1. The molecule has 1 heterocycles. The summed E-state index contributed by atoms with van der Waals surface area (Å²) in [5.74, 6) is 1.16. The average Bonchev–Trinajstić information content (AvgIpc) is 3.03. The number of rotatable bonds is 4. The van der Waals surface area contributed by atoms with E-state index in [1.165, 1.54) is 0 Å². The monoisotopic (exact) mass is 233 g/mol. The maximum Gasteiger partial charge on any atom is 0.144 e. The van der Waals surface area contributed by atoms with Crippen molar-refractivity contribution in [1.29, 1.82) is 0 Å². The van der Waals surface area contributed by atoms with E-state index in [1.807, 2.05) is 20.8 Å². The average molecular weight is 233 g/mol. The predicted molar refractivity (Wildman–Crippen MR) is 66.3 cm³/mol. The maximum absolute atomic E-state index is 12.1. The van der Waals surface area contributed by atoms with Crippen molar-refractivity contribution < 1.29 is 9.53 Å². The standard InChI is InChI=1S/C14H19NO2/c1-9-8-15-11(10(2)13(9)17-4)7-12(16)14(3)5-6-14/h8H,5-7H2,1-4H3. The number of hydrogen-bond acceptors (Lipinski definition) is 3. The van der Waals surface area contributed by atoms with Crippen molar-refractivity contribution in [2.75, 3.05) is 7.11 Å². The minimum atomic E-state index is -0.0771. The number of aryl methyl sites for hydroxylation is 1. The zero-order valence-corrected chi connectivity index (χ0v) is 11.0. The summed E-state index contributed by atoms with van der Waals surface area (Å²) in [5, 5.41) is 0. The van der Waals surface area contributed by atoms with Gasteiger partial charge in [0.25, 0.3) is 0 Å². The Morgan fingerprint density at radius 2 is 2.12 bits per heavy atom. The van der Waals surface area contributed by atoms with E-state index in [2.05, 4.69) is 4.98 Å². The van der Waals surface area contributed by atoms with Gasteiger partial charge in [0.05, 0.1) is 12.8 Å². The van der Waals surface area contributed by atoms with Gasteiger partial charge in [0.2, 0.25) is 0 Å². The molecule has 0 bridgehead atoms. The Kier molecular flexibility index (Phi) is 2.94. The number of hydrogen-bond donors (Lipinski definition) is 0. The number of Topliss-reactive ketones (excluding diaryl/α,β-unsaturated/α-hetero) is 1. The molecule has 1 aromatic heterocycles. The van der Waals surface area contributed by atoms with Crippen molar-refractivity contribution in [2.24, 2.45) is 5.41 Å². The number of carbonyl (C=O) groups is 1. The van der Waals surface area contributed by atoms with Crippen molar-refractivity contribution in [2.45, 2.75) is 40.0 Å². The predicted octanol–water partition coefficient (Wildman–Crippen LogP) is 2.62. The van der Waals surface area contributed by atoms with Crippen molar-refractivity contribution in [3.63, 3.8) is 0 Å². The van der Waals surface area contributed by atoms with E-state index >= 15 is 0 Å². The van der Waals surface area contributed by atoms with Crippen molar-refractivity contribution in [3.05, 3.63) is 23.0 Å². The lowest BCUT2D eigenvalue weighted by Crippen LogP contribution is -2.16. The summed E-state index contributed by atoms with van der Waals surface area (Å²) < 4.78 is 5.35. The van der Waals surface area contributed by atoms with Crippen LogP contribution in [0.25, 0.3) is 0 Å². The second-order valence-electron chi connectivity index (χ2n) is 5.21. The van der Waals surface area contributed by atoms with Gasteiger partial charge in [-0.15, -0.1) is 0 Å². The lowest BCUT2D eigenvalue weighted by Gasteiger charge is -2.13. The topological polar surface area (TPSA) is 39.2 Å². The van der Waals surface area contributed by atoms with Crippen LogP contribution in [0.15, 0.2) is 6.20 Å². The lowest BCUT2D eigenvalue weighted by molar-refractivity contribution is -0.122. The minimum absolute atomic E-state index is 0.0771. The van der Waals surface area contributed by atoms with Crippen LogP contribution < -0.4 is 4.74 Å². The number of carbonyl (C=O) groups excluding carboxylic acids is 1. The third-order valence-electron chi connectivity index (χ3n) is 3.75. The molecule has 1 saturated carbocycles. The van der Waals surface area contributed by atoms with Crippen LogP contribution in [0.3, 0.4) is 0 Å². The Morgan fingerprint density at radius 3 is 2.65 bits per heavy atom. The van der Waals surface area contributed by atoms with E-state index in [4.69, 9.17) is 4.74 Å². The van der Waals surface area contributed by atoms with Gasteiger partial charge in [0.1, 0.15) is 11.5 Å². The van der Waals surface area contributed by atoms with Gasteiger partial charge in [0.15, 0.2) is 0 Å². The second-order valence-corrected chi connectivity index (χ2v) is 5.21. The van der Waals surface area contributed by atoms with Crippen LogP contribution in [0.2, 0.25) is 0 Å². The molecule has 0 amide bonds. The van der Waals surface area contributed by atoms with Crippen LogP contribution in [-0.2, 0) is 11.2 Å². The molecule has 0 unspecified atom stereocenters. The Hall–Kier alpha value is -1.38. The molecule has 1 aromatic rings. The SMILES string of the molecule is COc1c(C)cnc(CC(=O)C2(C)CC2)c1C. The van der Waals surface area contributed by atoms with Gasteiger partial charge in [0, 0.05) is 29.2 Å². The summed E-state index contributed by atoms with van der Waals surface area (Å²) in [7, 11) is 1.66. The first kappa shape index (κ1) is 12.1. The summed E-state index contributed by atoms with van der Waals surface area (Å²) in [6.45, 7) is 5.97. The van der Waals surface area contributed by atoms with Crippen molar-refractivity contribution in [1.82, 2.24) is 4.98 Å². The Morgan fingerprint density at radius 1 is 1.47 bits per heavy atom. The molecule has 0 aliphatic heterocycles. The van der Waals surface area contributed by atoms with E-state index in [0.717, 1.165) is 35.4 Å². The molecular weight excluding hydrogens is 214 g/mol. The van der Waals surface area contributed by atoms with Gasteiger partial charge >= 0.3 is 0 Å². The molecule has 3 heteroatoms. The molecule has 0 radical (unpaired) electrons. The highest BCUT2D eigenvalue weighted by Crippen LogP contribution is 2.46. The number of nitrogens with zero attached hydrogens (tertiary/aromatic N) is 1. The summed E-state index contributed by atoms with van der Waals surface area (Å²) in [6, 6.07) is 0. The van der Waals surface area contributed by atoms with Gasteiger partial charge in [-0.25, -0.2) is 0 Å². The molecule has 1 fully saturated rings. The third-order valence-corrected chi connectivity index (χ3v) is 3.75. The molecule has 0 saturated heterocycles. The summed E-state index contributed by atoms with van der Waals surface area (Å²) >= 11 is 0. The fourth-order valence-electron chi connectivity index (χ4n) is 2.08. The van der Waals surface area contributed by atoms with E-state index in [9.17, 15) is 4.79 Å². The van der Waals surface area contributed by atoms with Crippen LogP contribution in [0, 0.1) is 19.3 Å². The normalized spacial score (nSPS) is 16.7. The smallest absolute Gasteiger partial charge is 0.144 e. The molecule has 17 heavy (non-hydrogen) atoms. The zero-order valence-electron chi connectivity index (χ0n) is 11.0. The number of ether oxygens (including phenoxy) is 1. The first-order valence-electron chi connectivity index (χ1n) is 6.00. The number of aromatic nitrogens is 1. The summed E-state index contributed by atoms with van der Waals surface area (Å²) in [6.07, 6.45) is 4.25. The van der Waals surface area contributed by atoms with E-state index in [-0.39, 0.29) is 5.41 Å². The highest BCUT2D eigenvalue weighted by Gasteiger charge is 2.44. The molecule has 0 aromatic carbocycles. The lowest BCUT2D eigenvalue weighted by atomic mass is 9.97. The van der Waals surface area contributed by atoms with Gasteiger partial charge in [-0.3, -0.25) is 9.78 Å². The Bertz CT molecular complexity index is 462. The van der Waals surface area contributed by atoms with Crippen LogP contribution in [-0.4, -0.2) is 17.9 Å².